The smallest absolute Gasteiger partial charge is 0.410 e. The SMILES string of the molecule is CC(C)(C)OC(=O)N1CCC(NC2N=C(N)C(Cl)=NN2)CC1. The number of carbonyl (C=O) groups excluding carboxylic acids is 1. The lowest BCUT2D eigenvalue weighted by atomic mass is 10.1. The molecule has 22 heavy (non-hydrogen) atoms. The first-order valence-electron chi connectivity index (χ1n) is 7.31. The average molecular weight is 331 g/mol. The minimum atomic E-state index is -0.471. The Morgan fingerprint density at radius 1 is 1.45 bits per heavy atom. The molecule has 2 rings (SSSR count). The zero-order chi connectivity index (χ0) is 16.3. The van der Waals surface area contributed by atoms with Crippen molar-refractivity contribution in [1.82, 2.24) is 15.6 Å². The van der Waals surface area contributed by atoms with Gasteiger partial charge >= 0.3 is 6.09 Å². The summed E-state index contributed by atoms with van der Waals surface area (Å²) in [6, 6.07) is 0.222. The Hall–Kier alpha value is -1.54. The van der Waals surface area contributed by atoms with Gasteiger partial charge in [-0.25, -0.2) is 9.79 Å². The Balaban J connectivity index is 1.77. The highest BCUT2D eigenvalue weighted by molar-refractivity contribution is 6.83. The summed E-state index contributed by atoms with van der Waals surface area (Å²) in [5.74, 6) is 0.212. The van der Waals surface area contributed by atoms with Gasteiger partial charge in [-0.15, -0.1) is 0 Å². The first kappa shape index (κ1) is 16.8. The summed E-state index contributed by atoms with van der Waals surface area (Å²) in [5.41, 5.74) is 7.95. The van der Waals surface area contributed by atoms with Crippen molar-refractivity contribution in [3.05, 3.63) is 0 Å². The van der Waals surface area contributed by atoms with Crippen molar-refractivity contribution in [2.24, 2.45) is 15.8 Å². The molecular formula is C13H23ClN6O2. The number of amidine groups is 1. The van der Waals surface area contributed by atoms with Crippen LogP contribution in [-0.4, -0.2) is 53.0 Å². The van der Waals surface area contributed by atoms with Gasteiger partial charge in [0.15, 0.2) is 17.3 Å². The van der Waals surface area contributed by atoms with Crippen molar-refractivity contribution in [3.8, 4) is 0 Å². The second kappa shape index (κ2) is 6.70. The number of aliphatic imine (C=N–C) groups is 1. The Morgan fingerprint density at radius 2 is 2.09 bits per heavy atom. The third-order valence-corrected chi connectivity index (χ3v) is 3.58. The lowest BCUT2D eigenvalue weighted by Crippen LogP contribution is -2.52. The van der Waals surface area contributed by atoms with E-state index in [0.29, 0.717) is 13.1 Å². The van der Waals surface area contributed by atoms with Crippen LogP contribution in [0.5, 0.6) is 0 Å². The molecule has 0 spiro atoms. The Labute approximate surface area is 135 Å². The molecule has 9 heteroatoms. The van der Waals surface area contributed by atoms with Crippen molar-refractivity contribution < 1.29 is 9.53 Å². The molecule has 1 amide bonds. The Bertz CT molecular complexity index is 479. The number of likely N-dealkylation sites (tertiary alicyclic amines) is 1. The van der Waals surface area contributed by atoms with Crippen molar-refractivity contribution in [3.63, 3.8) is 0 Å². The molecule has 0 radical (unpaired) electrons. The third kappa shape index (κ3) is 4.74. The fourth-order valence-corrected chi connectivity index (χ4v) is 2.35. The minimum Gasteiger partial charge on any atom is -0.444 e. The standard InChI is InChI=1S/C13H23ClN6O2/c1-13(2,3)22-12(21)20-6-4-8(5-7-20)16-11-17-10(15)9(14)18-19-11/h8,11,16,19H,4-7H2,1-3H3,(H2,15,17). The van der Waals surface area contributed by atoms with E-state index < -0.39 is 5.60 Å². The number of hydrazone groups is 1. The molecule has 8 nitrogen and oxygen atoms in total. The number of ether oxygens (including phenoxy) is 1. The lowest BCUT2D eigenvalue weighted by molar-refractivity contribution is 0.0195. The van der Waals surface area contributed by atoms with Crippen molar-refractivity contribution >= 4 is 28.7 Å². The van der Waals surface area contributed by atoms with Crippen LogP contribution in [0.25, 0.3) is 0 Å². The Kier molecular flexibility index (Phi) is 5.12. The Morgan fingerprint density at radius 3 is 2.64 bits per heavy atom. The molecule has 1 unspecified atom stereocenters. The number of nitrogens with one attached hydrogen (secondary N) is 2. The summed E-state index contributed by atoms with van der Waals surface area (Å²) in [5, 5.41) is 7.33. The van der Waals surface area contributed by atoms with E-state index in [2.05, 4.69) is 20.8 Å². The predicted octanol–water partition coefficient (Wildman–Crippen LogP) is 0.772. The molecule has 1 atom stereocenters. The first-order valence-corrected chi connectivity index (χ1v) is 7.69. The van der Waals surface area contributed by atoms with E-state index in [-0.39, 0.29) is 29.4 Å². The van der Waals surface area contributed by atoms with Gasteiger partial charge < -0.3 is 15.4 Å². The first-order chi connectivity index (χ1) is 10.2. The van der Waals surface area contributed by atoms with Gasteiger partial charge in [0.25, 0.3) is 0 Å². The van der Waals surface area contributed by atoms with Gasteiger partial charge in [-0.3, -0.25) is 10.7 Å². The fourth-order valence-electron chi connectivity index (χ4n) is 2.25. The van der Waals surface area contributed by atoms with Gasteiger partial charge in [-0.05, 0) is 33.6 Å². The summed E-state index contributed by atoms with van der Waals surface area (Å²) in [6.45, 7) is 6.87. The molecule has 1 fully saturated rings. The summed E-state index contributed by atoms with van der Waals surface area (Å²) in [6.07, 6.45) is 0.968. The molecule has 0 aromatic carbocycles. The number of carbonyl (C=O) groups is 1. The van der Waals surface area contributed by atoms with Crippen LogP contribution in [0.3, 0.4) is 0 Å². The molecule has 0 saturated carbocycles. The monoisotopic (exact) mass is 330 g/mol. The summed E-state index contributed by atoms with van der Waals surface area (Å²) >= 11 is 5.73. The molecule has 0 aromatic heterocycles. The quantitative estimate of drug-likeness (QED) is 0.693. The van der Waals surface area contributed by atoms with Gasteiger partial charge in [0, 0.05) is 19.1 Å². The van der Waals surface area contributed by atoms with Crippen LogP contribution in [0.2, 0.25) is 0 Å². The van der Waals surface area contributed by atoms with Gasteiger partial charge in [-0.2, -0.15) is 5.10 Å². The average Bonchev–Trinajstić information content (AvgIpc) is 2.42. The van der Waals surface area contributed by atoms with E-state index in [9.17, 15) is 4.79 Å². The second-order valence-electron chi connectivity index (χ2n) is 6.36. The van der Waals surface area contributed by atoms with E-state index in [1.165, 1.54) is 0 Å². The van der Waals surface area contributed by atoms with E-state index in [1.54, 1.807) is 4.90 Å². The number of nitrogens with zero attached hydrogens (tertiary/aromatic N) is 3. The van der Waals surface area contributed by atoms with Gasteiger partial charge in [0.1, 0.15) is 5.60 Å². The van der Waals surface area contributed by atoms with Gasteiger partial charge in [0.2, 0.25) is 0 Å². The van der Waals surface area contributed by atoms with Crippen LogP contribution in [-0.2, 0) is 4.74 Å². The van der Waals surface area contributed by atoms with E-state index >= 15 is 0 Å². The predicted molar refractivity (Wildman–Crippen MR) is 85.8 cm³/mol. The molecule has 2 aliphatic rings. The highest BCUT2D eigenvalue weighted by Gasteiger charge is 2.28. The molecule has 4 N–H and O–H groups in total. The van der Waals surface area contributed by atoms with E-state index in [0.717, 1.165) is 12.8 Å². The number of piperidine rings is 1. The number of hydrogen-bond donors (Lipinski definition) is 3. The number of nitrogens with two attached hydrogens (primary N) is 1. The van der Waals surface area contributed by atoms with Crippen molar-refractivity contribution in [2.75, 3.05) is 13.1 Å². The van der Waals surface area contributed by atoms with Crippen LogP contribution in [0, 0.1) is 0 Å². The number of halogens is 1. The van der Waals surface area contributed by atoms with Crippen LogP contribution in [0.15, 0.2) is 10.1 Å². The molecule has 2 aliphatic heterocycles. The number of amides is 1. The number of hydrogen-bond acceptors (Lipinski definition) is 7. The molecule has 2 heterocycles. The number of rotatable bonds is 2. The van der Waals surface area contributed by atoms with Crippen molar-refractivity contribution in [2.45, 2.75) is 51.5 Å². The summed E-state index contributed by atoms with van der Waals surface area (Å²) in [4.78, 5) is 17.9. The van der Waals surface area contributed by atoms with Gasteiger partial charge in [0.05, 0.1) is 0 Å². The van der Waals surface area contributed by atoms with Crippen LogP contribution in [0.4, 0.5) is 4.79 Å². The lowest BCUT2D eigenvalue weighted by Gasteiger charge is -2.35. The molecule has 124 valence electrons. The largest absolute Gasteiger partial charge is 0.444 e. The van der Waals surface area contributed by atoms with E-state index in [1.807, 2.05) is 20.8 Å². The summed E-state index contributed by atoms with van der Waals surface area (Å²) < 4.78 is 5.37. The molecular weight excluding hydrogens is 308 g/mol. The zero-order valence-electron chi connectivity index (χ0n) is 13.1. The topological polar surface area (TPSA) is 104 Å². The summed E-state index contributed by atoms with van der Waals surface area (Å²) in [7, 11) is 0. The highest BCUT2D eigenvalue weighted by Crippen LogP contribution is 2.16. The maximum atomic E-state index is 12.0. The molecule has 1 saturated heterocycles. The van der Waals surface area contributed by atoms with Crippen LogP contribution in [0.1, 0.15) is 33.6 Å². The maximum Gasteiger partial charge on any atom is 0.410 e. The molecule has 0 bridgehead atoms. The van der Waals surface area contributed by atoms with Crippen molar-refractivity contribution in [1.29, 1.82) is 0 Å². The van der Waals surface area contributed by atoms with Gasteiger partial charge in [-0.1, -0.05) is 11.6 Å². The van der Waals surface area contributed by atoms with E-state index in [4.69, 9.17) is 22.1 Å². The molecule has 0 aliphatic carbocycles. The minimum absolute atomic E-state index is 0.165. The molecule has 0 aromatic rings. The zero-order valence-corrected chi connectivity index (χ0v) is 13.9. The fraction of sp³-hybridized carbons (Fsp3) is 0.769. The maximum absolute atomic E-state index is 12.0. The normalized spacial score (nSPS) is 23.5. The second-order valence-corrected chi connectivity index (χ2v) is 6.71. The highest BCUT2D eigenvalue weighted by atomic mass is 35.5. The van der Waals surface area contributed by atoms with Crippen LogP contribution < -0.4 is 16.5 Å². The van der Waals surface area contributed by atoms with Crippen LogP contribution >= 0.6 is 11.6 Å². The third-order valence-electron chi connectivity index (χ3n) is 3.30.